The zero-order chi connectivity index (χ0) is 19.5. The van der Waals surface area contributed by atoms with E-state index in [1.165, 1.54) is 11.3 Å². The summed E-state index contributed by atoms with van der Waals surface area (Å²) >= 11 is 9.09. The number of rotatable bonds is 6. The van der Waals surface area contributed by atoms with Crippen molar-refractivity contribution >= 4 is 57.3 Å². The molecule has 0 atom stereocenters. The smallest absolute Gasteiger partial charge is 0.231 e. The van der Waals surface area contributed by atoms with E-state index >= 15 is 0 Å². The van der Waals surface area contributed by atoms with Crippen molar-refractivity contribution in [3.8, 4) is 0 Å². The fourth-order valence-electron chi connectivity index (χ4n) is 2.71. The number of aromatic nitrogens is 3. The summed E-state index contributed by atoms with van der Waals surface area (Å²) in [6, 6.07) is 13.3. The SMILES string of the molecule is Cc1ccccc1NC(=O)Cc1nc(CSc2nc3ccc(Cl)cc3[nH]2)cs1. The number of H-pyrrole nitrogens is 1. The van der Waals surface area contributed by atoms with Gasteiger partial charge in [0.2, 0.25) is 5.91 Å². The zero-order valence-corrected chi connectivity index (χ0v) is 17.4. The Morgan fingerprint density at radius 3 is 2.96 bits per heavy atom. The number of nitrogens with zero attached hydrogens (tertiary/aromatic N) is 2. The first-order chi connectivity index (χ1) is 13.6. The molecule has 0 radical (unpaired) electrons. The van der Waals surface area contributed by atoms with Crippen LogP contribution in [0.1, 0.15) is 16.3 Å². The van der Waals surface area contributed by atoms with E-state index in [9.17, 15) is 4.79 Å². The Bertz CT molecular complexity index is 1140. The summed E-state index contributed by atoms with van der Waals surface area (Å²) in [6.07, 6.45) is 0.271. The maximum atomic E-state index is 12.3. The molecule has 0 saturated heterocycles. The van der Waals surface area contributed by atoms with Gasteiger partial charge in [0.05, 0.1) is 23.1 Å². The second-order valence-corrected chi connectivity index (χ2v) is 8.61. The lowest BCUT2D eigenvalue weighted by atomic mass is 10.2. The largest absolute Gasteiger partial charge is 0.333 e. The number of aromatic amines is 1. The number of carbonyl (C=O) groups is 1. The van der Waals surface area contributed by atoms with E-state index in [4.69, 9.17) is 11.6 Å². The molecule has 4 aromatic rings. The average Bonchev–Trinajstić information content (AvgIpc) is 3.27. The highest BCUT2D eigenvalue weighted by atomic mass is 35.5. The van der Waals surface area contributed by atoms with Crippen LogP contribution in [-0.2, 0) is 17.0 Å². The molecule has 5 nitrogen and oxygen atoms in total. The Kier molecular flexibility index (Phi) is 5.66. The van der Waals surface area contributed by atoms with Crippen molar-refractivity contribution in [2.24, 2.45) is 0 Å². The molecule has 0 bridgehead atoms. The fraction of sp³-hybridized carbons (Fsp3) is 0.150. The molecule has 2 aromatic carbocycles. The van der Waals surface area contributed by atoms with Crippen molar-refractivity contribution in [1.29, 1.82) is 0 Å². The lowest BCUT2D eigenvalue weighted by molar-refractivity contribution is -0.115. The Labute approximate surface area is 175 Å². The molecule has 2 heterocycles. The highest BCUT2D eigenvalue weighted by Crippen LogP contribution is 2.25. The molecule has 8 heteroatoms. The minimum atomic E-state index is -0.0583. The number of aryl methyl sites for hydroxylation is 1. The molecule has 0 fully saturated rings. The zero-order valence-electron chi connectivity index (χ0n) is 15.0. The lowest BCUT2D eigenvalue weighted by Crippen LogP contribution is -2.15. The second-order valence-electron chi connectivity index (χ2n) is 6.26. The summed E-state index contributed by atoms with van der Waals surface area (Å²) in [5.74, 6) is 0.626. The van der Waals surface area contributed by atoms with Gasteiger partial charge in [0, 0.05) is 21.8 Å². The van der Waals surface area contributed by atoms with Crippen LogP contribution < -0.4 is 5.32 Å². The van der Waals surface area contributed by atoms with Gasteiger partial charge in [-0.25, -0.2) is 9.97 Å². The molecular weight excluding hydrogens is 412 g/mol. The molecule has 2 aromatic heterocycles. The third-order valence-corrected chi connectivity index (χ3v) is 6.15. The van der Waals surface area contributed by atoms with E-state index < -0.39 is 0 Å². The maximum Gasteiger partial charge on any atom is 0.231 e. The van der Waals surface area contributed by atoms with Crippen LogP contribution in [0.4, 0.5) is 5.69 Å². The number of thiazole rings is 1. The maximum absolute atomic E-state index is 12.3. The molecule has 0 unspecified atom stereocenters. The molecule has 0 spiro atoms. The van der Waals surface area contributed by atoms with E-state index in [0.717, 1.165) is 38.1 Å². The summed E-state index contributed by atoms with van der Waals surface area (Å²) in [7, 11) is 0. The van der Waals surface area contributed by atoms with E-state index in [0.29, 0.717) is 10.8 Å². The molecule has 4 rings (SSSR count). The Morgan fingerprint density at radius 1 is 1.25 bits per heavy atom. The number of hydrogen-bond donors (Lipinski definition) is 2. The van der Waals surface area contributed by atoms with Crippen molar-refractivity contribution in [2.45, 2.75) is 24.3 Å². The van der Waals surface area contributed by atoms with Gasteiger partial charge in [0.1, 0.15) is 5.01 Å². The van der Waals surface area contributed by atoms with Crippen molar-refractivity contribution in [3.05, 3.63) is 69.1 Å². The van der Waals surface area contributed by atoms with Gasteiger partial charge in [-0.15, -0.1) is 11.3 Å². The van der Waals surface area contributed by atoms with Gasteiger partial charge in [0.15, 0.2) is 5.16 Å². The number of nitrogens with one attached hydrogen (secondary N) is 2. The topological polar surface area (TPSA) is 70.7 Å². The first-order valence-electron chi connectivity index (χ1n) is 8.63. The van der Waals surface area contributed by atoms with Gasteiger partial charge in [-0.05, 0) is 36.8 Å². The van der Waals surface area contributed by atoms with Crippen molar-refractivity contribution in [2.75, 3.05) is 5.32 Å². The van der Waals surface area contributed by atoms with Crippen LogP contribution in [0.2, 0.25) is 5.02 Å². The number of anilines is 1. The molecule has 0 saturated carbocycles. The minimum Gasteiger partial charge on any atom is -0.333 e. The van der Waals surface area contributed by atoms with Crippen LogP contribution in [0, 0.1) is 6.92 Å². The highest BCUT2D eigenvalue weighted by Gasteiger charge is 2.11. The Balaban J connectivity index is 1.34. The van der Waals surface area contributed by atoms with Crippen molar-refractivity contribution in [1.82, 2.24) is 15.0 Å². The molecule has 28 heavy (non-hydrogen) atoms. The molecule has 2 N–H and O–H groups in total. The quantitative estimate of drug-likeness (QED) is 0.400. The number of imidazole rings is 1. The highest BCUT2D eigenvalue weighted by molar-refractivity contribution is 7.98. The summed E-state index contributed by atoms with van der Waals surface area (Å²) in [4.78, 5) is 24.6. The first kappa shape index (κ1) is 19.0. The monoisotopic (exact) mass is 428 g/mol. The lowest BCUT2D eigenvalue weighted by Gasteiger charge is -2.06. The van der Waals surface area contributed by atoms with Gasteiger partial charge >= 0.3 is 0 Å². The van der Waals surface area contributed by atoms with Gasteiger partial charge in [-0.1, -0.05) is 41.6 Å². The predicted octanol–water partition coefficient (Wildman–Crippen LogP) is 5.45. The number of para-hydroxylation sites is 1. The van der Waals surface area contributed by atoms with Crippen molar-refractivity contribution in [3.63, 3.8) is 0 Å². The first-order valence-corrected chi connectivity index (χ1v) is 10.9. The van der Waals surface area contributed by atoms with E-state index in [1.807, 2.05) is 54.8 Å². The van der Waals surface area contributed by atoms with Gasteiger partial charge in [0.25, 0.3) is 0 Å². The van der Waals surface area contributed by atoms with E-state index in [-0.39, 0.29) is 12.3 Å². The normalized spacial score (nSPS) is 11.1. The third kappa shape index (κ3) is 4.55. The molecule has 1 amide bonds. The van der Waals surface area contributed by atoms with Gasteiger partial charge < -0.3 is 10.3 Å². The fourth-order valence-corrected chi connectivity index (χ4v) is 4.56. The van der Waals surface area contributed by atoms with Gasteiger partial charge in [-0.3, -0.25) is 4.79 Å². The van der Waals surface area contributed by atoms with Crippen LogP contribution in [0.15, 0.2) is 53.0 Å². The predicted molar refractivity (Wildman–Crippen MR) is 116 cm³/mol. The summed E-state index contributed by atoms with van der Waals surface area (Å²) in [5.41, 5.74) is 4.62. The van der Waals surface area contributed by atoms with Gasteiger partial charge in [-0.2, -0.15) is 0 Å². The minimum absolute atomic E-state index is 0.0583. The molecule has 0 aliphatic rings. The van der Waals surface area contributed by atoms with E-state index in [1.54, 1.807) is 11.8 Å². The Hall–Kier alpha value is -2.35. The third-order valence-electron chi connectivity index (χ3n) is 4.11. The number of thioether (sulfide) groups is 1. The molecular formula is C20H17ClN4OS2. The number of benzene rings is 2. The molecule has 0 aliphatic heterocycles. The van der Waals surface area contributed by atoms with Crippen LogP contribution in [0.3, 0.4) is 0 Å². The van der Waals surface area contributed by atoms with E-state index in [2.05, 4.69) is 20.3 Å². The number of fused-ring (bicyclic) bond motifs is 1. The average molecular weight is 429 g/mol. The van der Waals surface area contributed by atoms with Crippen LogP contribution in [0.5, 0.6) is 0 Å². The summed E-state index contributed by atoms with van der Waals surface area (Å²) < 4.78 is 0. The summed E-state index contributed by atoms with van der Waals surface area (Å²) in [6.45, 7) is 1.97. The number of hydrogen-bond acceptors (Lipinski definition) is 5. The number of carbonyl (C=O) groups excluding carboxylic acids is 1. The summed E-state index contributed by atoms with van der Waals surface area (Å²) in [5, 5.41) is 7.24. The number of amides is 1. The number of halogens is 1. The van der Waals surface area contributed by atoms with Crippen LogP contribution in [0.25, 0.3) is 11.0 Å². The Morgan fingerprint density at radius 2 is 2.11 bits per heavy atom. The standard InChI is InChI=1S/C20H17ClN4OS2/c1-12-4-2-3-5-15(12)23-18(26)9-19-22-14(10-27-19)11-28-20-24-16-7-6-13(21)8-17(16)25-20/h2-8,10H,9,11H2,1H3,(H,23,26)(H,24,25). The van der Waals surface area contributed by atoms with Crippen molar-refractivity contribution < 1.29 is 4.79 Å². The molecule has 0 aliphatic carbocycles. The van der Waals surface area contributed by atoms with Crippen LogP contribution in [-0.4, -0.2) is 20.9 Å². The van der Waals surface area contributed by atoms with Crippen LogP contribution >= 0.6 is 34.7 Å². The second kappa shape index (κ2) is 8.34. The molecule has 142 valence electrons.